The first-order valence-electron chi connectivity index (χ1n) is 2.32. The van der Waals surface area contributed by atoms with Crippen molar-refractivity contribution in [2.45, 2.75) is 20.3 Å². The zero-order valence-electron chi connectivity index (χ0n) is 4.56. The van der Waals surface area contributed by atoms with Gasteiger partial charge < -0.3 is 4.84 Å². The zero-order chi connectivity index (χ0) is 5.28. The molecule has 1 aliphatic rings. The quantitative estimate of drug-likeness (QED) is 0.448. The van der Waals surface area contributed by atoms with Crippen LogP contribution in [0.25, 0.3) is 0 Å². The van der Waals surface area contributed by atoms with E-state index in [-0.39, 0.29) is 0 Å². The van der Waals surface area contributed by atoms with Crippen molar-refractivity contribution in [3.05, 3.63) is 6.10 Å². The van der Waals surface area contributed by atoms with Crippen LogP contribution in [-0.2, 0) is 4.84 Å². The Kier molecular flexibility index (Phi) is 1.01. The lowest BCUT2D eigenvalue weighted by atomic mass is 10.2. The Morgan fingerprint density at radius 2 is 2.29 bits per heavy atom. The normalized spacial score (nSPS) is 21.7. The number of oxime groups is 1. The predicted molar refractivity (Wildman–Crippen MR) is 27.7 cm³/mol. The van der Waals surface area contributed by atoms with E-state index < -0.39 is 0 Å². The van der Waals surface area contributed by atoms with E-state index in [9.17, 15) is 0 Å². The van der Waals surface area contributed by atoms with Crippen LogP contribution in [0.2, 0.25) is 0 Å². The Bertz CT molecular complexity index is 98.3. The van der Waals surface area contributed by atoms with Crippen LogP contribution in [0.5, 0.6) is 0 Å². The van der Waals surface area contributed by atoms with Crippen molar-refractivity contribution in [3.8, 4) is 0 Å². The molecule has 2 heteroatoms. The zero-order valence-corrected chi connectivity index (χ0v) is 4.56. The first-order valence-corrected chi connectivity index (χ1v) is 2.32. The summed E-state index contributed by atoms with van der Waals surface area (Å²) in [6.45, 7) is 3.89. The van der Waals surface area contributed by atoms with Gasteiger partial charge >= 0.3 is 0 Å². The third-order valence-corrected chi connectivity index (χ3v) is 0.862. The minimum Gasteiger partial charge on any atom is -0.385 e. The van der Waals surface area contributed by atoms with Gasteiger partial charge in [-0.2, -0.15) is 0 Å². The van der Waals surface area contributed by atoms with E-state index in [1.807, 2.05) is 13.8 Å². The molecular formula is C5H8NO. The Hall–Kier alpha value is -0.530. The van der Waals surface area contributed by atoms with E-state index in [0.717, 1.165) is 18.2 Å². The Morgan fingerprint density at radius 3 is 2.43 bits per heavy atom. The Balaban J connectivity index is 2.42. The van der Waals surface area contributed by atoms with Crippen molar-refractivity contribution in [1.29, 1.82) is 0 Å². The highest BCUT2D eigenvalue weighted by Crippen LogP contribution is 2.14. The molecule has 0 fully saturated rings. The third-order valence-electron chi connectivity index (χ3n) is 0.862. The van der Waals surface area contributed by atoms with Crippen molar-refractivity contribution < 1.29 is 4.84 Å². The molecule has 1 radical (unpaired) electrons. The monoisotopic (exact) mass is 98.1 g/mol. The van der Waals surface area contributed by atoms with Gasteiger partial charge in [-0.15, -0.1) is 0 Å². The van der Waals surface area contributed by atoms with Crippen LogP contribution in [0, 0.1) is 6.10 Å². The van der Waals surface area contributed by atoms with Crippen LogP contribution in [-0.4, -0.2) is 5.71 Å². The highest BCUT2D eigenvalue weighted by Gasteiger charge is 2.12. The van der Waals surface area contributed by atoms with Crippen molar-refractivity contribution in [2.24, 2.45) is 5.16 Å². The average molecular weight is 98.1 g/mol. The predicted octanol–water partition coefficient (Wildman–Crippen LogP) is 1.33. The first kappa shape index (κ1) is 4.62. The second-order valence-electron chi connectivity index (χ2n) is 1.80. The van der Waals surface area contributed by atoms with E-state index in [4.69, 9.17) is 4.84 Å². The van der Waals surface area contributed by atoms with E-state index in [1.54, 1.807) is 0 Å². The van der Waals surface area contributed by atoms with Crippen LogP contribution in [0.1, 0.15) is 20.3 Å². The third kappa shape index (κ3) is 0.918. The molecule has 0 N–H and O–H groups in total. The van der Waals surface area contributed by atoms with Crippen LogP contribution < -0.4 is 0 Å². The Morgan fingerprint density at radius 1 is 1.57 bits per heavy atom. The molecule has 1 heterocycles. The molecule has 0 aromatic heterocycles. The molecule has 7 heavy (non-hydrogen) atoms. The second-order valence-corrected chi connectivity index (χ2v) is 1.80. The van der Waals surface area contributed by atoms with E-state index >= 15 is 0 Å². The van der Waals surface area contributed by atoms with Gasteiger partial charge in [0.05, 0.1) is 5.71 Å². The van der Waals surface area contributed by atoms with Crippen molar-refractivity contribution in [2.75, 3.05) is 0 Å². The van der Waals surface area contributed by atoms with E-state index in [2.05, 4.69) is 5.16 Å². The maximum Gasteiger partial charge on any atom is 0.182 e. The lowest BCUT2D eigenvalue weighted by Gasteiger charge is -1.91. The number of hydrogen-bond donors (Lipinski definition) is 0. The second kappa shape index (κ2) is 1.52. The molecule has 0 saturated carbocycles. The van der Waals surface area contributed by atoms with Crippen LogP contribution in [0.4, 0.5) is 0 Å². The van der Waals surface area contributed by atoms with Gasteiger partial charge in [0.2, 0.25) is 0 Å². The summed E-state index contributed by atoms with van der Waals surface area (Å²) in [4.78, 5) is 4.77. The lowest BCUT2D eigenvalue weighted by Crippen LogP contribution is -1.87. The molecule has 0 aromatic carbocycles. The highest BCUT2D eigenvalue weighted by atomic mass is 16.6. The standard InChI is InChI=1S/C5H8NO/c1-4-3-5(2)7-6-4/h3H2,1-2H3. The van der Waals surface area contributed by atoms with Crippen LogP contribution in [0.15, 0.2) is 5.16 Å². The average Bonchev–Trinajstić information content (AvgIpc) is 1.87. The van der Waals surface area contributed by atoms with Gasteiger partial charge in [0.25, 0.3) is 0 Å². The molecular weight excluding hydrogens is 90.1 g/mol. The molecule has 1 aliphatic heterocycles. The largest absolute Gasteiger partial charge is 0.385 e. The summed E-state index contributed by atoms with van der Waals surface area (Å²) in [7, 11) is 0. The molecule has 1 rings (SSSR count). The summed E-state index contributed by atoms with van der Waals surface area (Å²) in [6, 6.07) is 0. The smallest absolute Gasteiger partial charge is 0.182 e. The SMILES string of the molecule is C[C]1CC(C)=NO1. The molecule has 0 aromatic rings. The summed E-state index contributed by atoms with van der Waals surface area (Å²) in [6.07, 6.45) is 1.91. The summed E-state index contributed by atoms with van der Waals surface area (Å²) in [5.74, 6) is 0. The number of nitrogens with zero attached hydrogens (tertiary/aromatic N) is 1. The van der Waals surface area contributed by atoms with Gasteiger partial charge in [-0.1, -0.05) is 5.16 Å². The molecule has 0 amide bonds. The first-order chi connectivity index (χ1) is 3.29. The fourth-order valence-electron chi connectivity index (χ4n) is 0.581. The molecule has 0 aliphatic carbocycles. The van der Waals surface area contributed by atoms with E-state index in [0.29, 0.717) is 0 Å². The molecule has 0 bridgehead atoms. The van der Waals surface area contributed by atoms with Gasteiger partial charge in [0.1, 0.15) is 0 Å². The van der Waals surface area contributed by atoms with Crippen LogP contribution >= 0.6 is 0 Å². The molecule has 0 unspecified atom stereocenters. The van der Waals surface area contributed by atoms with Crippen LogP contribution in [0.3, 0.4) is 0 Å². The fourth-order valence-corrected chi connectivity index (χ4v) is 0.581. The maximum atomic E-state index is 4.77. The van der Waals surface area contributed by atoms with E-state index in [1.165, 1.54) is 0 Å². The molecule has 0 spiro atoms. The van der Waals surface area contributed by atoms with Gasteiger partial charge in [0, 0.05) is 6.42 Å². The number of hydrogen-bond acceptors (Lipinski definition) is 2. The molecule has 2 nitrogen and oxygen atoms in total. The number of rotatable bonds is 0. The topological polar surface area (TPSA) is 21.6 Å². The summed E-state index contributed by atoms with van der Waals surface area (Å²) < 4.78 is 0. The lowest BCUT2D eigenvalue weighted by molar-refractivity contribution is 0.182. The van der Waals surface area contributed by atoms with Gasteiger partial charge in [0.15, 0.2) is 6.10 Å². The van der Waals surface area contributed by atoms with Gasteiger partial charge in [-0.3, -0.25) is 0 Å². The minimum atomic E-state index is 0.917. The van der Waals surface area contributed by atoms with Crippen molar-refractivity contribution >= 4 is 5.71 Å². The van der Waals surface area contributed by atoms with Gasteiger partial charge in [-0.05, 0) is 13.8 Å². The summed E-state index contributed by atoms with van der Waals surface area (Å²) >= 11 is 0. The Labute approximate surface area is 43.2 Å². The molecule has 0 atom stereocenters. The van der Waals surface area contributed by atoms with Crippen molar-refractivity contribution in [3.63, 3.8) is 0 Å². The molecule has 39 valence electrons. The maximum absolute atomic E-state index is 4.77. The minimum absolute atomic E-state index is 0.917. The fraction of sp³-hybridized carbons (Fsp3) is 0.600. The highest BCUT2D eigenvalue weighted by molar-refractivity contribution is 5.83. The van der Waals surface area contributed by atoms with Gasteiger partial charge in [-0.25, -0.2) is 0 Å². The molecule has 0 saturated heterocycles. The summed E-state index contributed by atoms with van der Waals surface area (Å²) in [5, 5.41) is 3.70. The summed E-state index contributed by atoms with van der Waals surface area (Å²) in [5.41, 5.74) is 1.07. The van der Waals surface area contributed by atoms with Crippen molar-refractivity contribution in [1.82, 2.24) is 0 Å².